The minimum absolute atomic E-state index is 0. The van der Waals surface area contributed by atoms with E-state index in [0.29, 0.717) is 36.9 Å². The highest BCUT2D eigenvalue weighted by atomic mass is 127. The lowest BCUT2D eigenvalue weighted by Gasteiger charge is -2.12. The summed E-state index contributed by atoms with van der Waals surface area (Å²) in [5.41, 5.74) is 1.35. The Hall–Kier alpha value is -2.89. The van der Waals surface area contributed by atoms with Crippen LogP contribution in [0.1, 0.15) is 23.1 Å². The number of guanidine groups is 1. The molecule has 0 fully saturated rings. The van der Waals surface area contributed by atoms with Gasteiger partial charge in [0.1, 0.15) is 12.3 Å². The van der Waals surface area contributed by atoms with E-state index in [1.807, 2.05) is 35.7 Å². The standard InChI is InChI=1S/C20H25N7O2.HI/c1-3-21-20(24-14-18-26-25-17-9-4-5-12-27(17)18)23-11-10-22-19(28)15-7-6-8-16(13-15)29-2;/h4-9,12-13H,3,10-11,14H2,1-2H3,(H,22,28)(H2,21,23,24);1H. The van der Waals surface area contributed by atoms with E-state index < -0.39 is 0 Å². The Bertz CT molecular complexity index is 990. The number of pyridine rings is 1. The number of fused-ring (bicyclic) bond motifs is 1. The number of nitrogens with zero attached hydrogens (tertiary/aromatic N) is 4. The second-order valence-corrected chi connectivity index (χ2v) is 6.15. The van der Waals surface area contributed by atoms with Gasteiger partial charge in [-0.05, 0) is 37.3 Å². The molecule has 1 amide bonds. The van der Waals surface area contributed by atoms with E-state index in [1.165, 1.54) is 0 Å². The van der Waals surface area contributed by atoms with Gasteiger partial charge >= 0.3 is 0 Å². The molecule has 0 saturated heterocycles. The van der Waals surface area contributed by atoms with E-state index in [-0.39, 0.29) is 29.9 Å². The summed E-state index contributed by atoms with van der Waals surface area (Å²) < 4.78 is 7.05. The smallest absolute Gasteiger partial charge is 0.251 e. The van der Waals surface area contributed by atoms with Crippen molar-refractivity contribution in [3.63, 3.8) is 0 Å². The number of carbonyl (C=O) groups is 1. The van der Waals surface area contributed by atoms with Gasteiger partial charge in [0.15, 0.2) is 17.4 Å². The van der Waals surface area contributed by atoms with Gasteiger partial charge in [0.25, 0.3) is 5.91 Å². The molecule has 0 aliphatic rings. The third-order valence-corrected chi connectivity index (χ3v) is 4.14. The number of amides is 1. The number of halogens is 1. The first-order valence-corrected chi connectivity index (χ1v) is 9.44. The Morgan fingerprint density at radius 2 is 1.93 bits per heavy atom. The van der Waals surface area contributed by atoms with Gasteiger partial charge in [-0.15, -0.1) is 34.2 Å². The summed E-state index contributed by atoms with van der Waals surface area (Å²) in [5, 5.41) is 17.6. The van der Waals surface area contributed by atoms with Crippen LogP contribution in [0.5, 0.6) is 5.75 Å². The summed E-state index contributed by atoms with van der Waals surface area (Å²) in [5.74, 6) is 1.90. The molecule has 0 aliphatic carbocycles. The highest BCUT2D eigenvalue weighted by Crippen LogP contribution is 2.12. The minimum Gasteiger partial charge on any atom is -0.497 e. The molecule has 30 heavy (non-hydrogen) atoms. The largest absolute Gasteiger partial charge is 0.497 e. The molecule has 1 aromatic carbocycles. The first-order chi connectivity index (χ1) is 14.2. The van der Waals surface area contributed by atoms with Crippen LogP contribution < -0.4 is 20.7 Å². The van der Waals surface area contributed by atoms with Crippen LogP contribution in [0.3, 0.4) is 0 Å². The molecule has 2 aromatic heterocycles. The summed E-state index contributed by atoms with van der Waals surface area (Å²) in [6, 6.07) is 12.8. The van der Waals surface area contributed by atoms with Crippen molar-refractivity contribution in [3.05, 3.63) is 60.0 Å². The van der Waals surface area contributed by atoms with Crippen LogP contribution in [0.2, 0.25) is 0 Å². The van der Waals surface area contributed by atoms with Crippen molar-refractivity contribution < 1.29 is 9.53 Å². The number of carbonyl (C=O) groups excluding carboxylic acids is 1. The van der Waals surface area contributed by atoms with E-state index in [0.717, 1.165) is 18.0 Å². The van der Waals surface area contributed by atoms with Gasteiger partial charge in [-0.1, -0.05) is 12.1 Å². The zero-order chi connectivity index (χ0) is 20.5. The van der Waals surface area contributed by atoms with Crippen LogP contribution in [-0.4, -0.2) is 53.2 Å². The van der Waals surface area contributed by atoms with E-state index in [2.05, 4.69) is 31.1 Å². The number of methoxy groups -OCH3 is 1. The van der Waals surface area contributed by atoms with Crippen molar-refractivity contribution in [2.24, 2.45) is 4.99 Å². The number of benzene rings is 1. The van der Waals surface area contributed by atoms with E-state index in [4.69, 9.17) is 4.74 Å². The number of ether oxygens (including phenoxy) is 1. The highest BCUT2D eigenvalue weighted by molar-refractivity contribution is 14.0. The molecule has 10 heteroatoms. The van der Waals surface area contributed by atoms with Gasteiger partial charge in [0.2, 0.25) is 0 Å². The molecule has 2 heterocycles. The zero-order valence-electron chi connectivity index (χ0n) is 17.0. The van der Waals surface area contributed by atoms with Gasteiger partial charge in [-0.3, -0.25) is 9.20 Å². The fourth-order valence-electron chi connectivity index (χ4n) is 2.71. The fraction of sp³-hybridized carbons (Fsp3) is 0.300. The topological polar surface area (TPSA) is 105 Å². The summed E-state index contributed by atoms with van der Waals surface area (Å²) in [6.07, 6.45) is 1.91. The molecular formula is C20H26IN7O2. The van der Waals surface area contributed by atoms with E-state index in [9.17, 15) is 4.79 Å². The van der Waals surface area contributed by atoms with Gasteiger partial charge < -0.3 is 20.7 Å². The second kappa shape index (κ2) is 12.0. The minimum atomic E-state index is -0.150. The summed E-state index contributed by atoms with van der Waals surface area (Å²) >= 11 is 0. The van der Waals surface area contributed by atoms with E-state index in [1.54, 1.807) is 31.4 Å². The first-order valence-electron chi connectivity index (χ1n) is 9.44. The molecule has 0 radical (unpaired) electrons. The molecule has 9 nitrogen and oxygen atoms in total. The molecule has 0 saturated carbocycles. The lowest BCUT2D eigenvalue weighted by Crippen LogP contribution is -2.41. The molecule has 0 unspecified atom stereocenters. The predicted octanol–water partition coefficient (Wildman–Crippen LogP) is 1.84. The Balaban J connectivity index is 0.00000320. The van der Waals surface area contributed by atoms with Crippen molar-refractivity contribution in [2.45, 2.75) is 13.5 Å². The molecule has 3 rings (SSSR count). The molecule has 3 aromatic rings. The number of rotatable bonds is 8. The van der Waals surface area contributed by atoms with Crippen LogP contribution in [0.15, 0.2) is 53.7 Å². The van der Waals surface area contributed by atoms with Crippen molar-refractivity contribution in [2.75, 3.05) is 26.7 Å². The summed E-state index contributed by atoms with van der Waals surface area (Å²) in [6.45, 7) is 4.09. The Kier molecular flexibility index (Phi) is 9.32. The zero-order valence-corrected chi connectivity index (χ0v) is 19.3. The third-order valence-electron chi connectivity index (χ3n) is 4.14. The molecular weight excluding hydrogens is 497 g/mol. The van der Waals surface area contributed by atoms with Gasteiger partial charge in [-0.2, -0.15) is 0 Å². The van der Waals surface area contributed by atoms with Crippen molar-refractivity contribution in [1.82, 2.24) is 30.5 Å². The van der Waals surface area contributed by atoms with Crippen LogP contribution in [0.4, 0.5) is 0 Å². The molecule has 0 spiro atoms. The lowest BCUT2D eigenvalue weighted by molar-refractivity contribution is 0.0954. The molecule has 0 atom stereocenters. The molecule has 3 N–H and O–H groups in total. The maximum absolute atomic E-state index is 12.2. The number of hydrogen-bond donors (Lipinski definition) is 3. The van der Waals surface area contributed by atoms with Crippen LogP contribution in [0.25, 0.3) is 5.65 Å². The van der Waals surface area contributed by atoms with E-state index >= 15 is 0 Å². The molecule has 0 aliphatic heterocycles. The van der Waals surface area contributed by atoms with Gasteiger partial charge in [0, 0.05) is 31.4 Å². The number of nitrogens with one attached hydrogen (secondary N) is 3. The number of aliphatic imine (C=N–C) groups is 1. The second-order valence-electron chi connectivity index (χ2n) is 6.15. The third kappa shape index (κ3) is 6.31. The normalized spacial score (nSPS) is 10.9. The average Bonchev–Trinajstić information content (AvgIpc) is 3.18. The Morgan fingerprint density at radius 3 is 2.73 bits per heavy atom. The van der Waals surface area contributed by atoms with Crippen LogP contribution in [-0.2, 0) is 6.54 Å². The number of aromatic nitrogens is 3. The predicted molar refractivity (Wildman–Crippen MR) is 127 cm³/mol. The average molecular weight is 523 g/mol. The van der Waals surface area contributed by atoms with Crippen molar-refractivity contribution in [3.8, 4) is 5.75 Å². The maximum Gasteiger partial charge on any atom is 0.251 e. The van der Waals surface area contributed by atoms with Crippen molar-refractivity contribution in [1.29, 1.82) is 0 Å². The number of hydrogen-bond acceptors (Lipinski definition) is 5. The lowest BCUT2D eigenvalue weighted by atomic mass is 10.2. The SMILES string of the molecule is CCNC(=NCc1nnc2ccccn12)NCCNC(=O)c1cccc(OC)c1.I. The Labute approximate surface area is 192 Å². The maximum atomic E-state index is 12.2. The van der Waals surface area contributed by atoms with Crippen molar-refractivity contribution >= 4 is 41.5 Å². The molecule has 160 valence electrons. The quantitative estimate of drug-likeness (QED) is 0.180. The Morgan fingerprint density at radius 1 is 1.10 bits per heavy atom. The van der Waals surface area contributed by atoms with Gasteiger partial charge in [0.05, 0.1) is 7.11 Å². The summed E-state index contributed by atoms with van der Waals surface area (Å²) in [7, 11) is 1.57. The van der Waals surface area contributed by atoms with Crippen LogP contribution >= 0.6 is 24.0 Å². The first kappa shape index (κ1) is 23.4. The fourth-order valence-corrected chi connectivity index (χ4v) is 2.71. The highest BCUT2D eigenvalue weighted by Gasteiger charge is 2.07. The monoisotopic (exact) mass is 523 g/mol. The van der Waals surface area contributed by atoms with Crippen LogP contribution in [0, 0.1) is 0 Å². The summed E-state index contributed by atoms with van der Waals surface area (Å²) in [4.78, 5) is 16.8. The molecule has 0 bridgehead atoms. The van der Waals surface area contributed by atoms with Gasteiger partial charge in [-0.25, -0.2) is 4.99 Å².